The molecule has 7 nitrogen and oxygen atoms in total. The number of thioether (sulfide) groups is 1. The molecule has 196 valence electrons. The van der Waals surface area contributed by atoms with Crippen LogP contribution in [0.4, 0.5) is 18.2 Å². The lowest BCUT2D eigenvalue weighted by molar-refractivity contribution is -0.137. The van der Waals surface area contributed by atoms with Gasteiger partial charge in [0, 0.05) is 11.4 Å². The van der Waals surface area contributed by atoms with E-state index in [2.05, 4.69) is 21.6 Å². The van der Waals surface area contributed by atoms with Crippen molar-refractivity contribution in [1.82, 2.24) is 14.8 Å². The van der Waals surface area contributed by atoms with Crippen molar-refractivity contribution in [1.29, 1.82) is 5.26 Å². The number of alkyl halides is 3. The molecule has 1 amide bonds. The van der Waals surface area contributed by atoms with Crippen molar-refractivity contribution in [2.75, 3.05) is 11.1 Å². The van der Waals surface area contributed by atoms with Crippen LogP contribution >= 0.6 is 23.1 Å². The molecule has 2 heterocycles. The number of carbonyl (C=O) groups excluding carboxylic acids is 1. The maximum absolute atomic E-state index is 12.9. The largest absolute Gasteiger partial charge is 0.486 e. The van der Waals surface area contributed by atoms with Gasteiger partial charge in [-0.25, -0.2) is 0 Å². The third-order valence-corrected chi connectivity index (χ3v) is 8.18. The van der Waals surface area contributed by atoms with Crippen LogP contribution in [0.1, 0.15) is 60.0 Å². The van der Waals surface area contributed by atoms with Gasteiger partial charge in [-0.15, -0.1) is 21.5 Å². The highest BCUT2D eigenvalue weighted by atomic mass is 32.2. The number of halogens is 3. The predicted molar refractivity (Wildman–Crippen MR) is 136 cm³/mol. The molecule has 0 fully saturated rings. The van der Waals surface area contributed by atoms with E-state index in [0.29, 0.717) is 28.1 Å². The van der Waals surface area contributed by atoms with E-state index >= 15 is 0 Å². The molecule has 0 radical (unpaired) electrons. The normalized spacial score (nSPS) is 13.8. The zero-order valence-electron chi connectivity index (χ0n) is 20.2. The number of benzene rings is 1. The van der Waals surface area contributed by atoms with Crippen LogP contribution in [0, 0.1) is 11.3 Å². The number of aromatic nitrogens is 3. The topological polar surface area (TPSA) is 92.8 Å². The van der Waals surface area contributed by atoms with Gasteiger partial charge in [0.15, 0.2) is 11.0 Å². The van der Waals surface area contributed by atoms with Crippen molar-refractivity contribution >= 4 is 34.0 Å². The van der Waals surface area contributed by atoms with Crippen molar-refractivity contribution in [2.24, 2.45) is 0 Å². The summed E-state index contributed by atoms with van der Waals surface area (Å²) in [7, 11) is 0. The molecule has 37 heavy (non-hydrogen) atoms. The van der Waals surface area contributed by atoms with Gasteiger partial charge in [0.25, 0.3) is 0 Å². The van der Waals surface area contributed by atoms with Gasteiger partial charge in [0.05, 0.1) is 16.9 Å². The molecule has 12 heteroatoms. The number of nitrogens with one attached hydrogen (secondary N) is 1. The summed E-state index contributed by atoms with van der Waals surface area (Å²) in [6.07, 6.45) is 1.82. The quantitative estimate of drug-likeness (QED) is 0.336. The fourth-order valence-corrected chi connectivity index (χ4v) is 6.26. The highest BCUT2D eigenvalue weighted by molar-refractivity contribution is 7.99. The van der Waals surface area contributed by atoms with E-state index in [1.807, 2.05) is 6.92 Å². The van der Waals surface area contributed by atoms with E-state index in [1.165, 1.54) is 46.5 Å². The first kappa shape index (κ1) is 27.0. The van der Waals surface area contributed by atoms with Crippen molar-refractivity contribution in [2.45, 2.75) is 69.9 Å². The molecule has 0 spiro atoms. The fourth-order valence-electron chi connectivity index (χ4n) is 4.18. The number of anilines is 1. The fraction of sp³-hybridized carbons (Fsp3) is 0.440. The monoisotopic (exact) mass is 549 g/mol. The van der Waals surface area contributed by atoms with Crippen LogP contribution in [0.5, 0.6) is 5.75 Å². The third kappa shape index (κ3) is 6.64. The van der Waals surface area contributed by atoms with Crippen molar-refractivity contribution in [3.05, 3.63) is 51.7 Å². The summed E-state index contributed by atoms with van der Waals surface area (Å²) >= 11 is 2.69. The smallest absolute Gasteiger partial charge is 0.416 e. The molecule has 0 saturated heterocycles. The number of thiophene rings is 1. The minimum absolute atomic E-state index is 0.0683. The highest BCUT2D eigenvalue weighted by Crippen LogP contribution is 2.37. The van der Waals surface area contributed by atoms with Crippen molar-refractivity contribution in [3.8, 4) is 11.8 Å². The van der Waals surface area contributed by atoms with Gasteiger partial charge in [0.1, 0.15) is 23.4 Å². The lowest BCUT2D eigenvalue weighted by atomic mass is 9.97. The van der Waals surface area contributed by atoms with Crippen LogP contribution in [-0.2, 0) is 37.0 Å². The second-order valence-electron chi connectivity index (χ2n) is 8.53. The second kappa shape index (κ2) is 12.0. The van der Waals surface area contributed by atoms with E-state index in [-0.39, 0.29) is 24.0 Å². The van der Waals surface area contributed by atoms with E-state index < -0.39 is 11.7 Å². The molecule has 1 N–H and O–H groups in total. The molecule has 2 aromatic heterocycles. The Morgan fingerprint density at radius 1 is 1.24 bits per heavy atom. The maximum Gasteiger partial charge on any atom is 0.416 e. The average Bonchev–Trinajstić information content (AvgIpc) is 3.40. The SMILES string of the molecule is CCn1c(COc2cccc(C(F)(F)F)c2)nnc1SCC(=O)Nc1sc2c(c1C#N)CCCCCC2. The molecule has 0 saturated carbocycles. The third-order valence-electron chi connectivity index (χ3n) is 6.01. The second-order valence-corrected chi connectivity index (χ2v) is 10.6. The minimum Gasteiger partial charge on any atom is -0.486 e. The molecule has 0 atom stereocenters. The van der Waals surface area contributed by atoms with Gasteiger partial charge in [-0.2, -0.15) is 18.4 Å². The maximum atomic E-state index is 12.9. The number of ether oxygens (including phenoxy) is 1. The van der Waals surface area contributed by atoms with Gasteiger partial charge in [-0.1, -0.05) is 30.7 Å². The number of fused-ring (bicyclic) bond motifs is 1. The number of amides is 1. The Morgan fingerprint density at radius 3 is 2.76 bits per heavy atom. The lowest BCUT2D eigenvalue weighted by Crippen LogP contribution is -2.15. The number of nitrogens with zero attached hydrogens (tertiary/aromatic N) is 4. The molecule has 0 unspecified atom stereocenters. The number of rotatable bonds is 8. The first-order chi connectivity index (χ1) is 17.8. The summed E-state index contributed by atoms with van der Waals surface area (Å²) in [5, 5.41) is 21.9. The van der Waals surface area contributed by atoms with Crippen molar-refractivity contribution < 1.29 is 22.7 Å². The highest BCUT2D eigenvalue weighted by Gasteiger charge is 2.30. The summed E-state index contributed by atoms with van der Waals surface area (Å²) < 4.78 is 46.1. The summed E-state index contributed by atoms with van der Waals surface area (Å²) in [6, 6.07) is 6.93. The van der Waals surface area contributed by atoms with Crippen LogP contribution < -0.4 is 10.1 Å². The molecular weight excluding hydrogens is 523 g/mol. The standard InChI is InChI=1S/C25H26F3N5O2S2/c1-2-33-21(14-35-17-9-7-8-16(12-17)25(26,27)28)31-32-24(33)36-15-22(34)30-23-19(13-29)18-10-5-3-4-6-11-20(18)37-23/h7-9,12H,2-6,10-11,14-15H2,1H3,(H,30,34). The van der Waals surface area contributed by atoms with Gasteiger partial charge in [-0.05, 0) is 56.4 Å². The van der Waals surface area contributed by atoms with Crippen molar-refractivity contribution in [3.63, 3.8) is 0 Å². The van der Waals surface area contributed by atoms with E-state index in [9.17, 15) is 23.2 Å². The van der Waals surface area contributed by atoms with E-state index in [0.717, 1.165) is 49.8 Å². The zero-order valence-corrected chi connectivity index (χ0v) is 21.9. The number of aryl methyl sites for hydroxylation is 1. The minimum atomic E-state index is -4.46. The first-order valence-electron chi connectivity index (χ1n) is 12.0. The lowest BCUT2D eigenvalue weighted by Gasteiger charge is -2.11. The van der Waals surface area contributed by atoms with Crippen LogP contribution in [0.25, 0.3) is 0 Å². The average molecular weight is 550 g/mol. The molecule has 4 rings (SSSR count). The molecule has 1 aromatic carbocycles. The van der Waals surface area contributed by atoms with Gasteiger partial charge in [0.2, 0.25) is 5.91 Å². The van der Waals surface area contributed by atoms with E-state index in [4.69, 9.17) is 4.74 Å². The molecule has 3 aromatic rings. The molecule has 0 bridgehead atoms. The Balaban J connectivity index is 1.38. The number of hydrogen-bond donors (Lipinski definition) is 1. The molecule has 1 aliphatic carbocycles. The summed E-state index contributed by atoms with van der Waals surface area (Å²) in [4.78, 5) is 13.9. The zero-order chi connectivity index (χ0) is 26.4. The molecule has 1 aliphatic rings. The van der Waals surface area contributed by atoms with Crippen LogP contribution in [0.2, 0.25) is 0 Å². The summed E-state index contributed by atoms with van der Waals surface area (Å²) in [6.45, 7) is 2.30. The summed E-state index contributed by atoms with van der Waals surface area (Å²) in [5.74, 6) is 0.336. The number of nitriles is 1. The predicted octanol–water partition coefficient (Wildman–Crippen LogP) is 6.22. The Bertz CT molecular complexity index is 1300. The summed E-state index contributed by atoms with van der Waals surface area (Å²) in [5.41, 5.74) is 0.860. The van der Waals surface area contributed by atoms with Gasteiger partial charge in [-0.3, -0.25) is 4.79 Å². The number of carbonyl (C=O) groups is 1. The Hall–Kier alpha value is -3.04. The molecular formula is C25H26F3N5O2S2. The van der Waals surface area contributed by atoms with Gasteiger partial charge < -0.3 is 14.6 Å². The number of hydrogen-bond acceptors (Lipinski definition) is 7. The van der Waals surface area contributed by atoms with Crippen LogP contribution in [0.15, 0.2) is 29.4 Å². The molecule has 0 aliphatic heterocycles. The van der Waals surface area contributed by atoms with E-state index in [1.54, 1.807) is 4.57 Å². The van der Waals surface area contributed by atoms with Crippen LogP contribution in [-0.4, -0.2) is 26.4 Å². The van der Waals surface area contributed by atoms with Crippen LogP contribution in [0.3, 0.4) is 0 Å². The Morgan fingerprint density at radius 2 is 2.03 bits per heavy atom. The Labute approximate surface area is 221 Å². The first-order valence-corrected chi connectivity index (χ1v) is 13.8. The van der Waals surface area contributed by atoms with Gasteiger partial charge >= 0.3 is 6.18 Å². The Kier molecular flexibility index (Phi) is 8.76.